The monoisotopic (exact) mass is 365 g/mol. The third-order valence-corrected chi connectivity index (χ3v) is 5.26. The normalized spacial score (nSPS) is 18.3. The molecule has 3 heterocycles. The van der Waals surface area contributed by atoms with Crippen molar-refractivity contribution in [1.82, 2.24) is 24.8 Å². The van der Waals surface area contributed by atoms with Crippen molar-refractivity contribution in [2.75, 3.05) is 6.54 Å². The number of nitrogens with zero attached hydrogens (tertiary/aromatic N) is 5. The summed E-state index contributed by atoms with van der Waals surface area (Å²) in [4.78, 5) is 7.16. The van der Waals surface area contributed by atoms with E-state index in [1.165, 1.54) is 24.0 Å². The van der Waals surface area contributed by atoms with Gasteiger partial charge in [0.05, 0.1) is 12.6 Å². The second-order valence-electron chi connectivity index (χ2n) is 7.60. The van der Waals surface area contributed by atoms with Gasteiger partial charge in [0.25, 0.3) is 0 Å². The van der Waals surface area contributed by atoms with Crippen LogP contribution in [0.15, 0.2) is 47.2 Å². The van der Waals surface area contributed by atoms with E-state index in [0.717, 1.165) is 37.8 Å². The number of hydrogen-bond acceptors (Lipinski definition) is 5. The number of hydrogen-bond donors (Lipinski definition) is 0. The highest BCUT2D eigenvalue weighted by molar-refractivity contribution is 5.27. The smallest absolute Gasteiger partial charge is 0.244 e. The zero-order valence-corrected chi connectivity index (χ0v) is 16.1. The van der Waals surface area contributed by atoms with Gasteiger partial charge in [0.2, 0.25) is 5.89 Å². The standard InChI is InChI=1S/C21H27N5O/c1-16(2)20-23-21(27-24-20)19-10-5-6-12-25(19)14-17-8-3-4-9-18(17)15-26-13-7-11-22-26/h3-4,7-9,11,13,16,19H,5-6,10,12,14-15H2,1-2H3. The Bertz CT molecular complexity index is 855. The van der Waals surface area contributed by atoms with E-state index in [1.807, 2.05) is 23.1 Å². The van der Waals surface area contributed by atoms with Crippen molar-refractivity contribution in [3.05, 3.63) is 65.6 Å². The summed E-state index contributed by atoms with van der Waals surface area (Å²) >= 11 is 0. The summed E-state index contributed by atoms with van der Waals surface area (Å²) in [7, 11) is 0. The first-order chi connectivity index (χ1) is 13.2. The Kier molecular flexibility index (Phi) is 5.34. The molecule has 2 aromatic heterocycles. The van der Waals surface area contributed by atoms with Crippen LogP contribution in [0.3, 0.4) is 0 Å². The molecule has 0 spiro atoms. The number of aromatic nitrogens is 4. The minimum Gasteiger partial charge on any atom is -0.338 e. The molecule has 0 saturated carbocycles. The lowest BCUT2D eigenvalue weighted by molar-refractivity contribution is 0.111. The van der Waals surface area contributed by atoms with Gasteiger partial charge in [-0.1, -0.05) is 49.7 Å². The maximum absolute atomic E-state index is 5.63. The summed E-state index contributed by atoms with van der Waals surface area (Å²) in [5, 5.41) is 8.53. The van der Waals surface area contributed by atoms with E-state index in [-0.39, 0.29) is 12.0 Å². The highest BCUT2D eigenvalue weighted by atomic mass is 16.5. The van der Waals surface area contributed by atoms with Gasteiger partial charge in [-0.3, -0.25) is 9.58 Å². The van der Waals surface area contributed by atoms with Crippen molar-refractivity contribution in [3.63, 3.8) is 0 Å². The van der Waals surface area contributed by atoms with Crippen molar-refractivity contribution in [2.24, 2.45) is 0 Å². The van der Waals surface area contributed by atoms with Crippen molar-refractivity contribution in [2.45, 2.75) is 58.2 Å². The third kappa shape index (κ3) is 4.11. The van der Waals surface area contributed by atoms with Gasteiger partial charge in [-0.25, -0.2) is 0 Å². The molecule has 27 heavy (non-hydrogen) atoms. The molecular formula is C21H27N5O. The summed E-state index contributed by atoms with van der Waals surface area (Å²) in [5.41, 5.74) is 2.64. The Hall–Kier alpha value is -2.47. The largest absolute Gasteiger partial charge is 0.338 e. The topological polar surface area (TPSA) is 60.0 Å². The molecule has 1 fully saturated rings. The molecule has 3 aromatic rings. The zero-order valence-electron chi connectivity index (χ0n) is 16.1. The third-order valence-electron chi connectivity index (χ3n) is 5.26. The first-order valence-electron chi connectivity index (χ1n) is 9.82. The Morgan fingerprint density at radius 1 is 1.11 bits per heavy atom. The Morgan fingerprint density at radius 2 is 1.93 bits per heavy atom. The average Bonchev–Trinajstić information content (AvgIpc) is 3.36. The van der Waals surface area contributed by atoms with Gasteiger partial charge in [0.1, 0.15) is 0 Å². The van der Waals surface area contributed by atoms with Gasteiger partial charge in [-0.05, 0) is 36.6 Å². The predicted octanol–water partition coefficient (Wildman–Crippen LogP) is 4.17. The minimum atomic E-state index is 0.205. The number of benzene rings is 1. The molecule has 6 nitrogen and oxygen atoms in total. The molecular weight excluding hydrogens is 338 g/mol. The molecule has 4 rings (SSSR count). The SMILES string of the molecule is CC(C)c1noc(C2CCCCN2Cc2ccccc2Cn2cccn2)n1. The van der Waals surface area contributed by atoms with E-state index in [2.05, 4.69) is 58.3 Å². The second kappa shape index (κ2) is 8.05. The van der Waals surface area contributed by atoms with E-state index >= 15 is 0 Å². The van der Waals surface area contributed by atoms with Crippen LogP contribution >= 0.6 is 0 Å². The first kappa shape index (κ1) is 17.9. The van der Waals surface area contributed by atoms with Crippen LogP contribution in [0.4, 0.5) is 0 Å². The predicted molar refractivity (Wildman–Crippen MR) is 103 cm³/mol. The Balaban J connectivity index is 1.55. The molecule has 1 saturated heterocycles. The molecule has 1 unspecified atom stereocenters. The van der Waals surface area contributed by atoms with Gasteiger partial charge < -0.3 is 4.52 Å². The lowest BCUT2D eigenvalue weighted by Gasteiger charge is -2.33. The summed E-state index contributed by atoms with van der Waals surface area (Å²) in [6, 6.07) is 10.8. The Labute approximate surface area is 160 Å². The molecule has 0 amide bonds. The van der Waals surface area contributed by atoms with Crippen molar-refractivity contribution in [1.29, 1.82) is 0 Å². The van der Waals surface area contributed by atoms with Crippen LogP contribution in [0.5, 0.6) is 0 Å². The highest BCUT2D eigenvalue weighted by Gasteiger charge is 2.29. The molecule has 0 aliphatic carbocycles. The molecule has 6 heteroatoms. The number of rotatable bonds is 6. The zero-order chi connectivity index (χ0) is 18.6. The van der Waals surface area contributed by atoms with E-state index in [9.17, 15) is 0 Å². The van der Waals surface area contributed by atoms with E-state index in [1.54, 1.807) is 0 Å². The van der Waals surface area contributed by atoms with Crippen LogP contribution in [-0.2, 0) is 13.1 Å². The molecule has 1 atom stereocenters. The summed E-state index contributed by atoms with van der Waals surface area (Å²) in [6.45, 7) is 6.93. The number of likely N-dealkylation sites (tertiary alicyclic amines) is 1. The number of piperidine rings is 1. The first-order valence-corrected chi connectivity index (χ1v) is 9.82. The molecule has 0 radical (unpaired) electrons. The van der Waals surface area contributed by atoms with E-state index in [0.29, 0.717) is 0 Å². The lowest BCUT2D eigenvalue weighted by atomic mass is 9.99. The Morgan fingerprint density at radius 3 is 2.63 bits per heavy atom. The fraction of sp³-hybridized carbons (Fsp3) is 0.476. The van der Waals surface area contributed by atoms with Crippen LogP contribution in [0, 0.1) is 0 Å². The summed E-state index contributed by atoms with van der Waals surface area (Å²) in [6.07, 6.45) is 7.32. The molecule has 142 valence electrons. The van der Waals surface area contributed by atoms with E-state index < -0.39 is 0 Å². The van der Waals surface area contributed by atoms with Crippen LogP contribution < -0.4 is 0 Å². The van der Waals surface area contributed by atoms with E-state index in [4.69, 9.17) is 4.52 Å². The van der Waals surface area contributed by atoms with Crippen molar-refractivity contribution < 1.29 is 4.52 Å². The summed E-state index contributed by atoms with van der Waals surface area (Å²) in [5.74, 6) is 1.85. The van der Waals surface area contributed by atoms with Gasteiger partial charge in [-0.2, -0.15) is 10.1 Å². The van der Waals surface area contributed by atoms with Gasteiger partial charge in [0.15, 0.2) is 5.82 Å². The van der Waals surface area contributed by atoms with Gasteiger partial charge in [-0.15, -0.1) is 0 Å². The minimum absolute atomic E-state index is 0.205. The van der Waals surface area contributed by atoms with Crippen molar-refractivity contribution in [3.8, 4) is 0 Å². The average molecular weight is 365 g/mol. The molecule has 1 aliphatic heterocycles. The summed E-state index contributed by atoms with van der Waals surface area (Å²) < 4.78 is 7.60. The lowest BCUT2D eigenvalue weighted by Crippen LogP contribution is -2.33. The van der Waals surface area contributed by atoms with Crippen LogP contribution in [-0.4, -0.2) is 31.4 Å². The van der Waals surface area contributed by atoms with Crippen LogP contribution in [0.25, 0.3) is 0 Å². The molecule has 1 aliphatic rings. The van der Waals surface area contributed by atoms with Gasteiger partial charge in [0, 0.05) is 24.9 Å². The molecule has 1 aromatic carbocycles. The maximum atomic E-state index is 5.63. The van der Waals surface area contributed by atoms with Crippen LogP contribution in [0.2, 0.25) is 0 Å². The van der Waals surface area contributed by atoms with Gasteiger partial charge >= 0.3 is 0 Å². The molecule has 0 bridgehead atoms. The maximum Gasteiger partial charge on any atom is 0.244 e. The molecule has 0 N–H and O–H groups in total. The highest BCUT2D eigenvalue weighted by Crippen LogP contribution is 2.32. The fourth-order valence-corrected chi connectivity index (χ4v) is 3.73. The van der Waals surface area contributed by atoms with Crippen molar-refractivity contribution >= 4 is 0 Å². The fourth-order valence-electron chi connectivity index (χ4n) is 3.73. The van der Waals surface area contributed by atoms with Crippen LogP contribution in [0.1, 0.15) is 67.9 Å². The quantitative estimate of drug-likeness (QED) is 0.656. The second-order valence-corrected chi connectivity index (χ2v) is 7.60.